The van der Waals surface area contributed by atoms with Gasteiger partial charge in [0.1, 0.15) is 0 Å². The zero-order chi connectivity index (χ0) is 12.0. The lowest BCUT2D eigenvalue weighted by Crippen LogP contribution is -2.19. The minimum absolute atomic E-state index is 0.438. The number of aryl methyl sites for hydroxylation is 1. The maximum absolute atomic E-state index is 4.92. The smallest absolute Gasteiger partial charge is 0.223 e. The third kappa shape index (κ3) is 1.75. The summed E-state index contributed by atoms with van der Waals surface area (Å²) in [5, 5.41) is 7.26. The van der Waals surface area contributed by atoms with Crippen LogP contribution in [-0.4, -0.2) is 16.7 Å². The largest absolute Gasteiger partial charge is 0.340 e. The Bertz CT molecular complexity index is 367. The van der Waals surface area contributed by atoms with Gasteiger partial charge in [-0.1, -0.05) is 32.9 Å². The summed E-state index contributed by atoms with van der Waals surface area (Å²) in [6.07, 6.45) is 0. The second kappa shape index (κ2) is 3.55. The van der Waals surface area contributed by atoms with Gasteiger partial charge in [0.15, 0.2) is 5.82 Å². The second-order valence-corrected chi connectivity index (χ2v) is 5.86. The quantitative estimate of drug-likeness (QED) is 0.849. The van der Waals surface area contributed by atoms with Crippen molar-refractivity contribution in [2.75, 3.05) is 6.54 Å². The zero-order valence-corrected chi connectivity index (χ0v) is 10.8. The molecule has 1 fully saturated rings. The second-order valence-electron chi connectivity index (χ2n) is 5.86. The van der Waals surface area contributed by atoms with Crippen molar-refractivity contribution in [3.63, 3.8) is 0 Å². The highest BCUT2D eigenvalue weighted by molar-refractivity contribution is 5.12. The molecule has 1 aromatic heterocycles. The van der Waals surface area contributed by atoms with E-state index < -0.39 is 0 Å². The first-order valence-electron chi connectivity index (χ1n) is 5.85. The predicted octanol–water partition coefficient (Wildman–Crippen LogP) is 2.15. The van der Waals surface area contributed by atoms with Crippen LogP contribution in [0.4, 0.5) is 0 Å². The van der Waals surface area contributed by atoms with Gasteiger partial charge < -0.3 is 9.84 Å². The Hall–Kier alpha value is -0.900. The average Bonchev–Trinajstić information content (AvgIpc) is 2.53. The topological polar surface area (TPSA) is 51.0 Å². The van der Waals surface area contributed by atoms with Crippen LogP contribution in [0.1, 0.15) is 39.4 Å². The first-order valence-corrected chi connectivity index (χ1v) is 5.85. The molecule has 0 radical (unpaired) electrons. The molecule has 4 heteroatoms. The Kier molecular flexibility index (Phi) is 2.57. The van der Waals surface area contributed by atoms with Gasteiger partial charge in [0.05, 0.1) is 6.54 Å². The number of hydrogen-bond acceptors (Lipinski definition) is 4. The number of hydrogen-bond donors (Lipinski definition) is 1. The highest BCUT2D eigenvalue weighted by Crippen LogP contribution is 2.67. The standard InChI is InChI=1S/C12H21N3O/c1-8-14-10(15-16-8)7-13-6-9-11(2,3)12(9,4)5/h9,13H,6-7H2,1-5H3. The van der Waals surface area contributed by atoms with E-state index in [4.69, 9.17) is 4.52 Å². The molecule has 4 nitrogen and oxygen atoms in total. The van der Waals surface area contributed by atoms with Gasteiger partial charge in [-0.25, -0.2) is 0 Å². The number of rotatable bonds is 4. The Labute approximate surface area is 96.8 Å². The lowest BCUT2D eigenvalue weighted by Gasteiger charge is -2.04. The van der Waals surface area contributed by atoms with Crippen LogP contribution in [0.25, 0.3) is 0 Å². The van der Waals surface area contributed by atoms with Crippen molar-refractivity contribution in [3.8, 4) is 0 Å². The van der Waals surface area contributed by atoms with Crippen LogP contribution < -0.4 is 5.32 Å². The fourth-order valence-electron chi connectivity index (χ4n) is 2.58. The molecular weight excluding hydrogens is 202 g/mol. The summed E-state index contributed by atoms with van der Waals surface area (Å²) in [4.78, 5) is 4.16. The van der Waals surface area contributed by atoms with E-state index >= 15 is 0 Å². The molecule has 0 amide bonds. The van der Waals surface area contributed by atoms with Gasteiger partial charge in [0.2, 0.25) is 5.89 Å². The van der Waals surface area contributed by atoms with Crippen LogP contribution in [0.2, 0.25) is 0 Å². The van der Waals surface area contributed by atoms with Crippen LogP contribution in [0.15, 0.2) is 4.52 Å². The van der Waals surface area contributed by atoms with Gasteiger partial charge in [-0.05, 0) is 23.3 Å². The molecule has 0 bridgehead atoms. The van der Waals surface area contributed by atoms with Crippen molar-refractivity contribution in [3.05, 3.63) is 11.7 Å². The molecule has 0 atom stereocenters. The highest BCUT2D eigenvalue weighted by atomic mass is 16.5. The summed E-state index contributed by atoms with van der Waals surface area (Å²) in [5.74, 6) is 2.10. The minimum atomic E-state index is 0.438. The predicted molar refractivity (Wildman–Crippen MR) is 61.8 cm³/mol. The summed E-state index contributed by atoms with van der Waals surface area (Å²) in [6, 6.07) is 0. The van der Waals surface area contributed by atoms with E-state index in [1.165, 1.54) is 0 Å². The summed E-state index contributed by atoms with van der Waals surface area (Å²) >= 11 is 0. The zero-order valence-electron chi connectivity index (χ0n) is 10.8. The third-order valence-electron chi connectivity index (χ3n) is 4.52. The van der Waals surface area contributed by atoms with Crippen molar-refractivity contribution in [1.29, 1.82) is 0 Å². The van der Waals surface area contributed by atoms with Crippen LogP contribution >= 0.6 is 0 Å². The summed E-state index contributed by atoms with van der Waals surface area (Å²) in [6.45, 7) is 12.8. The fourth-order valence-corrected chi connectivity index (χ4v) is 2.58. The fraction of sp³-hybridized carbons (Fsp3) is 0.833. The van der Waals surface area contributed by atoms with Crippen LogP contribution in [0.5, 0.6) is 0 Å². The molecule has 1 aliphatic rings. The van der Waals surface area contributed by atoms with Gasteiger partial charge in [-0.2, -0.15) is 4.98 Å². The first-order chi connectivity index (χ1) is 7.35. The number of nitrogens with one attached hydrogen (secondary N) is 1. The van der Waals surface area contributed by atoms with Gasteiger partial charge in [-0.15, -0.1) is 0 Å². The van der Waals surface area contributed by atoms with Gasteiger partial charge >= 0.3 is 0 Å². The van der Waals surface area contributed by atoms with E-state index in [1.54, 1.807) is 0 Å². The summed E-state index contributed by atoms with van der Waals surface area (Å²) in [7, 11) is 0. The van der Waals surface area contributed by atoms with E-state index in [9.17, 15) is 0 Å². The van der Waals surface area contributed by atoms with Crippen molar-refractivity contribution in [1.82, 2.24) is 15.5 Å². The van der Waals surface area contributed by atoms with Crippen molar-refractivity contribution < 1.29 is 4.52 Å². The molecule has 90 valence electrons. The number of aromatic nitrogens is 2. The van der Waals surface area contributed by atoms with Gasteiger partial charge in [0.25, 0.3) is 0 Å². The molecule has 0 aliphatic heterocycles. The molecule has 1 N–H and O–H groups in total. The normalized spacial score (nSPS) is 22.3. The van der Waals surface area contributed by atoms with Crippen LogP contribution in [0.3, 0.4) is 0 Å². The van der Waals surface area contributed by atoms with E-state index in [1.807, 2.05) is 6.92 Å². The summed E-state index contributed by atoms with van der Waals surface area (Å²) < 4.78 is 4.92. The van der Waals surface area contributed by atoms with Crippen molar-refractivity contribution >= 4 is 0 Å². The summed E-state index contributed by atoms with van der Waals surface area (Å²) in [5.41, 5.74) is 0.875. The SMILES string of the molecule is Cc1nc(CNCC2C(C)(C)C2(C)C)no1. The molecule has 1 aliphatic carbocycles. The Morgan fingerprint density at radius 2 is 1.88 bits per heavy atom. The third-order valence-corrected chi connectivity index (χ3v) is 4.52. The number of nitrogens with zero attached hydrogens (tertiary/aromatic N) is 2. The maximum atomic E-state index is 4.92. The van der Waals surface area contributed by atoms with E-state index in [-0.39, 0.29) is 0 Å². The molecule has 2 rings (SSSR count). The molecule has 1 saturated carbocycles. The monoisotopic (exact) mass is 223 g/mol. The van der Waals surface area contributed by atoms with Crippen molar-refractivity contribution in [2.45, 2.75) is 41.2 Å². The molecule has 16 heavy (non-hydrogen) atoms. The highest BCUT2D eigenvalue weighted by Gasteiger charge is 2.63. The van der Waals surface area contributed by atoms with Crippen molar-refractivity contribution in [2.24, 2.45) is 16.7 Å². The van der Waals surface area contributed by atoms with Gasteiger partial charge in [0, 0.05) is 6.92 Å². The van der Waals surface area contributed by atoms with E-state index in [0.29, 0.717) is 23.3 Å². The Morgan fingerprint density at radius 1 is 1.25 bits per heavy atom. The van der Waals surface area contributed by atoms with E-state index in [2.05, 4.69) is 43.2 Å². The van der Waals surface area contributed by atoms with E-state index in [0.717, 1.165) is 18.3 Å². The Balaban J connectivity index is 1.78. The lowest BCUT2D eigenvalue weighted by molar-refractivity contribution is 0.384. The van der Waals surface area contributed by atoms with Gasteiger partial charge in [-0.3, -0.25) is 0 Å². The molecule has 0 unspecified atom stereocenters. The van der Waals surface area contributed by atoms with Crippen LogP contribution in [0, 0.1) is 23.7 Å². The lowest BCUT2D eigenvalue weighted by atomic mass is 10.0. The molecular formula is C12H21N3O. The molecule has 0 spiro atoms. The maximum Gasteiger partial charge on any atom is 0.223 e. The molecule has 0 saturated heterocycles. The first kappa shape index (κ1) is 11.6. The molecule has 0 aromatic carbocycles. The molecule has 1 heterocycles. The average molecular weight is 223 g/mol. The van der Waals surface area contributed by atoms with Crippen LogP contribution in [-0.2, 0) is 6.54 Å². The minimum Gasteiger partial charge on any atom is -0.340 e. The Morgan fingerprint density at radius 3 is 2.31 bits per heavy atom. The molecule has 1 aromatic rings.